The van der Waals surface area contributed by atoms with Crippen molar-refractivity contribution >= 4 is 0 Å². The number of ether oxygens (including phenoxy) is 1. The summed E-state index contributed by atoms with van der Waals surface area (Å²) in [6.07, 6.45) is 3.89. The first kappa shape index (κ1) is 15.1. The van der Waals surface area contributed by atoms with Gasteiger partial charge in [0.05, 0.1) is 5.69 Å². The van der Waals surface area contributed by atoms with E-state index in [1.165, 1.54) is 0 Å². The molecule has 0 bridgehead atoms. The Kier molecular flexibility index (Phi) is 6.83. The van der Waals surface area contributed by atoms with E-state index in [2.05, 4.69) is 36.1 Å². The zero-order chi connectivity index (χ0) is 13.4. The number of hydrogen-bond donors (Lipinski definition) is 1. The Balaban J connectivity index is 2.71. The molecule has 0 amide bonds. The SMILES string of the molecule is CCCC(OCC)c1nccc(CNC(C)C)n1. The third kappa shape index (κ3) is 5.10. The molecule has 0 spiro atoms. The van der Waals surface area contributed by atoms with Crippen LogP contribution >= 0.6 is 0 Å². The van der Waals surface area contributed by atoms with Gasteiger partial charge in [0, 0.05) is 25.4 Å². The van der Waals surface area contributed by atoms with Gasteiger partial charge in [-0.25, -0.2) is 9.97 Å². The van der Waals surface area contributed by atoms with Crippen molar-refractivity contribution in [3.8, 4) is 0 Å². The molecule has 0 aliphatic rings. The molecule has 0 aromatic carbocycles. The smallest absolute Gasteiger partial charge is 0.157 e. The third-order valence-corrected chi connectivity index (χ3v) is 2.63. The van der Waals surface area contributed by atoms with Crippen LogP contribution in [-0.2, 0) is 11.3 Å². The van der Waals surface area contributed by atoms with E-state index >= 15 is 0 Å². The van der Waals surface area contributed by atoms with Gasteiger partial charge in [0.25, 0.3) is 0 Å². The lowest BCUT2D eigenvalue weighted by Gasteiger charge is -2.15. The van der Waals surface area contributed by atoms with Gasteiger partial charge in [0.1, 0.15) is 6.10 Å². The Hall–Kier alpha value is -1.00. The largest absolute Gasteiger partial charge is 0.371 e. The molecule has 4 heteroatoms. The fourth-order valence-electron chi connectivity index (χ4n) is 1.73. The van der Waals surface area contributed by atoms with Crippen molar-refractivity contribution in [1.29, 1.82) is 0 Å². The van der Waals surface area contributed by atoms with Crippen LogP contribution in [0.1, 0.15) is 58.2 Å². The Morgan fingerprint density at radius 1 is 1.33 bits per heavy atom. The molecule has 1 aromatic heterocycles. The van der Waals surface area contributed by atoms with Gasteiger partial charge < -0.3 is 10.1 Å². The second kappa shape index (κ2) is 8.16. The molecule has 0 saturated carbocycles. The number of aromatic nitrogens is 2. The van der Waals surface area contributed by atoms with Gasteiger partial charge in [-0.05, 0) is 19.4 Å². The van der Waals surface area contributed by atoms with Crippen molar-refractivity contribution in [3.63, 3.8) is 0 Å². The van der Waals surface area contributed by atoms with Gasteiger partial charge in [0.15, 0.2) is 5.82 Å². The highest BCUT2D eigenvalue weighted by atomic mass is 16.5. The Morgan fingerprint density at radius 3 is 2.72 bits per heavy atom. The number of rotatable bonds is 8. The molecule has 0 aliphatic heterocycles. The average molecular weight is 251 g/mol. The van der Waals surface area contributed by atoms with Crippen LogP contribution in [0.3, 0.4) is 0 Å². The molecule has 1 aromatic rings. The van der Waals surface area contributed by atoms with Crippen LogP contribution in [0.2, 0.25) is 0 Å². The summed E-state index contributed by atoms with van der Waals surface area (Å²) in [5.41, 5.74) is 1.02. The van der Waals surface area contributed by atoms with Crippen molar-refractivity contribution < 1.29 is 4.74 Å². The van der Waals surface area contributed by atoms with E-state index in [4.69, 9.17) is 4.74 Å². The van der Waals surface area contributed by atoms with Crippen LogP contribution in [0, 0.1) is 0 Å². The second-order valence-electron chi connectivity index (χ2n) is 4.67. The molecule has 102 valence electrons. The van der Waals surface area contributed by atoms with Crippen molar-refractivity contribution in [2.75, 3.05) is 6.61 Å². The second-order valence-corrected chi connectivity index (χ2v) is 4.67. The van der Waals surface area contributed by atoms with Crippen LogP contribution < -0.4 is 5.32 Å². The Morgan fingerprint density at radius 2 is 2.11 bits per heavy atom. The maximum Gasteiger partial charge on any atom is 0.157 e. The number of nitrogens with one attached hydrogen (secondary N) is 1. The summed E-state index contributed by atoms with van der Waals surface area (Å²) in [4.78, 5) is 8.92. The summed E-state index contributed by atoms with van der Waals surface area (Å²) in [5, 5.41) is 3.36. The monoisotopic (exact) mass is 251 g/mol. The first-order valence-electron chi connectivity index (χ1n) is 6.84. The van der Waals surface area contributed by atoms with E-state index in [0.29, 0.717) is 12.6 Å². The summed E-state index contributed by atoms with van der Waals surface area (Å²) < 4.78 is 5.70. The first-order chi connectivity index (χ1) is 8.67. The highest BCUT2D eigenvalue weighted by Crippen LogP contribution is 2.19. The summed E-state index contributed by atoms with van der Waals surface area (Å²) in [6, 6.07) is 2.41. The molecular formula is C14H25N3O. The van der Waals surface area contributed by atoms with Crippen molar-refractivity contribution in [2.24, 2.45) is 0 Å². The van der Waals surface area contributed by atoms with Crippen LogP contribution in [0.15, 0.2) is 12.3 Å². The fraction of sp³-hybridized carbons (Fsp3) is 0.714. The van der Waals surface area contributed by atoms with Gasteiger partial charge in [0.2, 0.25) is 0 Å². The Bertz CT molecular complexity index is 336. The molecule has 18 heavy (non-hydrogen) atoms. The van der Waals surface area contributed by atoms with Crippen molar-refractivity contribution in [1.82, 2.24) is 15.3 Å². The quantitative estimate of drug-likeness (QED) is 0.771. The van der Waals surface area contributed by atoms with Crippen LogP contribution in [0.25, 0.3) is 0 Å². The minimum absolute atomic E-state index is 0.0269. The summed E-state index contributed by atoms with van der Waals surface area (Å²) in [7, 11) is 0. The molecule has 0 aliphatic carbocycles. The molecule has 0 saturated heterocycles. The zero-order valence-electron chi connectivity index (χ0n) is 11.9. The van der Waals surface area contributed by atoms with E-state index in [9.17, 15) is 0 Å². The lowest BCUT2D eigenvalue weighted by Crippen LogP contribution is -2.23. The summed E-state index contributed by atoms with van der Waals surface area (Å²) in [5.74, 6) is 0.807. The molecule has 0 fully saturated rings. The molecule has 1 rings (SSSR count). The Labute approximate surface area is 110 Å². The maximum absolute atomic E-state index is 5.70. The predicted octanol–water partition coefficient (Wildman–Crippen LogP) is 2.85. The van der Waals surface area contributed by atoms with Crippen LogP contribution in [0.4, 0.5) is 0 Å². The highest BCUT2D eigenvalue weighted by Gasteiger charge is 2.14. The van der Waals surface area contributed by atoms with E-state index in [0.717, 1.165) is 30.9 Å². The molecule has 1 atom stereocenters. The van der Waals surface area contributed by atoms with Gasteiger partial charge in [-0.1, -0.05) is 27.2 Å². The van der Waals surface area contributed by atoms with E-state index < -0.39 is 0 Å². The van der Waals surface area contributed by atoms with Gasteiger partial charge in [-0.15, -0.1) is 0 Å². The zero-order valence-corrected chi connectivity index (χ0v) is 11.9. The molecule has 4 nitrogen and oxygen atoms in total. The van der Waals surface area contributed by atoms with E-state index in [1.807, 2.05) is 19.2 Å². The summed E-state index contributed by atoms with van der Waals surface area (Å²) >= 11 is 0. The van der Waals surface area contributed by atoms with Crippen molar-refractivity contribution in [2.45, 2.75) is 59.2 Å². The predicted molar refractivity (Wildman–Crippen MR) is 73.3 cm³/mol. The minimum Gasteiger partial charge on any atom is -0.371 e. The molecule has 1 N–H and O–H groups in total. The van der Waals surface area contributed by atoms with Crippen LogP contribution in [0.5, 0.6) is 0 Å². The van der Waals surface area contributed by atoms with Crippen molar-refractivity contribution in [3.05, 3.63) is 23.8 Å². The van der Waals surface area contributed by atoms with Gasteiger partial charge in [-0.3, -0.25) is 0 Å². The van der Waals surface area contributed by atoms with Gasteiger partial charge >= 0.3 is 0 Å². The normalized spacial score (nSPS) is 12.9. The van der Waals surface area contributed by atoms with E-state index in [1.54, 1.807) is 0 Å². The average Bonchev–Trinajstić information content (AvgIpc) is 2.36. The topological polar surface area (TPSA) is 47.0 Å². The van der Waals surface area contributed by atoms with Crippen LogP contribution in [-0.4, -0.2) is 22.6 Å². The number of hydrogen-bond acceptors (Lipinski definition) is 4. The molecule has 0 radical (unpaired) electrons. The molecule has 1 unspecified atom stereocenters. The summed E-state index contributed by atoms with van der Waals surface area (Å²) in [6.45, 7) is 9.88. The number of nitrogens with zero attached hydrogens (tertiary/aromatic N) is 2. The standard InChI is InChI=1S/C14H25N3O/c1-5-7-13(18-6-2)14-15-9-8-12(17-14)10-16-11(3)4/h8-9,11,13,16H,5-7,10H2,1-4H3. The lowest BCUT2D eigenvalue weighted by molar-refractivity contribution is 0.0492. The minimum atomic E-state index is 0.0269. The van der Waals surface area contributed by atoms with Gasteiger partial charge in [-0.2, -0.15) is 0 Å². The fourth-order valence-corrected chi connectivity index (χ4v) is 1.73. The highest BCUT2D eigenvalue weighted by molar-refractivity contribution is 5.04. The lowest BCUT2D eigenvalue weighted by atomic mass is 10.2. The molecular weight excluding hydrogens is 226 g/mol. The third-order valence-electron chi connectivity index (χ3n) is 2.63. The van der Waals surface area contributed by atoms with E-state index in [-0.39, 0.29) is 6.10 Å². The first-order valence-corrected chi connectivity index (χ1v) is 6.84. The maximum atomic E-state index is 5.70. The molecule has 1 heterocycles.